The number of amides is 1. The van der Waals surface area contributed by atoms with Gasteiger partial charge >= 0.3 is 5.97 Å². The number of hydrogen-bond acceptors (Lipinski definition) is 3. The van der Waals surface area contributed by atoms with Crippen molar-refractivity contribution in [2.45, 2.75) is 31.8 Å². The lowest BCUT2D eigenvalue weighted by Crippen LogP contribution is -2.39. The van der Waals surface area contributed by atoms with E-state index in [1.54, 1.807) is 13.2 Å². The summed E-state index contributed by atoms with van der Waals surface area (Å²) < 4.78 is 1.54. The van der Waals surface area contributed by atoms with Gasteiger partial charge in [0.25, 0.3) is 0 Å². The molecule has 1 N–H and O–H groups in total. The number of aromatic nitrogens is 2. The SMILES string of the molecule is CC(=O)N(C1CC1)C(C(=O)O)c1cnn(C)c1. The van der Waals surface area contributed by atoms with E-state index in [4.69, 9.17) is 0 Å². The highest BCUT2D eigenvalue weighted by Gasteiger charge is 2.40. The van der Waals surface area contributed by atoms with Gasteiger partial charge in [-0.05, 0) is 12.8 Å². The highest BCUT2D eigenvalue weighted by atomic mass is 16.4. The Morgan fingerprint density at radius 3 is 2.59 bits per heavy atom. The zero-order valence-corrected chi connectivity index (χ0v) is 9.83. The van der Waals surface area contributed by atoms with Crippen LogP contribution in [0.1, 0.15) is 31.4 Å². The molecule has 1 unspecified atom stereocenters. The van der Waals surface area contributed by atoms with Crippen LogP contribution in [0.4, 0.5) is 0 Å². The normalized spacial score (nSPS) is 16.6. The molecule has 1 amide bonds. The number of carboxylic acid groups (broad SMARTS) is 1. The Morgan fingerprint density at radius 2 is 2.24 bits per heavy atom. The molecular formula is C11H15N3O3. The molecule has 0 aliphatic heterocycles. The van der Waals surface area contributed by atoms with Gasteiger partial charge in [-0.3, -0.25) is 9.48 Å². The average molecular weight is 237 g/mol. The summed E-state index contributed by atoms with van der Waals surface area (Å²) in [7, 11) is 1.72. The quantitative estimate of drug-likeness (QED) is 0.830. The van der Waals surface area contributed by atoms with Crippen LogP contribution in [0.25, 0.3) is 0 Å². The molecule has 17 heavy (non-hydrogen) atoms. The largest absolute Gasteiger partial charge is 0.479 e. The van der Waals surface area contributed by atoms with Crippen molar-refractivity contribution in [1.29, 1.82) is 0 Å². The zero-order chi connectivity index (χ0) is 12.6. The highest BCUT2D eigenvalue weighted by Crippen LogP contribution is 2.34. The van der Waals surface area contributed by atoms with Gasteiger partial charge in [0, 0.05) is 31.8 Å². The molecule has 1 heterocycles. The van der Waals surface area contributed by atoms with Crippen molar-refractivity contribution in [1.82, 2.24) is 14.7 Å². The maximum atomic E-state index is 11.6. The van der Waals surface area contributed by atoms with E-state index in [9.17, 15) is 14.7 Å². The molecule has 0 spiro atoms. The Balaban J connectivity index is 2.33. The van der Waals surface area contributed by atoms with E-state index < -0.39 is 12.0 Å². The topological polar surface area (TPSA) is 75.4 Å². The van der Waals surface area contributed by atoms with Crippen molar-refractivity contribution >= 4 is 11.9 Å². The molecule has 1 atom stereocenters. The molecule has 92 valence electrons. The molecule has 1 aromatic rings. The third-order valence-corrected chi connectivity index (χ3v) is 2.86. The number of aliphatic carboxylic acids is 1. The number of carbonyl (C=O) groups excluding carboxylic acids is 1. The Labute approximate surface area is 98.8 Å². The number of carbonyl (C=O) groups is 2. The van der Waals surface area contributed by atoms with Crippen LogP contribution < -0.4 is 0 Å². The lowest BCUT2D eigenvalue weighted by molar-refractivity contribution is -0.150. The van der Waals surface area contributed by atoms with Crippen molar-refractivity contribution in [3.63, 3.8) is 0 Å². The van der Waals surface area contributed by atoms with E-state index in [1.807, 2.05) is 0 Å². The van der Waals surface area contributed by atoms with Gasteiger partial charge in [0.15, 0.2) is 6.04 Å². The molecule has 0 bridgehead atoms. The fourth-order valence-electron chi connectivity index (χ4n) is 2.01. The summed E-state index contributed by atoms with van der Waals surface area (Å²) in [6.45, 7) is 1.41. The summed E-state index contributed by atoms with van der Waals surface area (Å²) in [5.74, 6) is -1.22. The van der Waals surface area contributed by atoms with Gasteiger partial charge in [-0.1, -0.05) is 0 Å². The molecule has 0 saturated heterocycles. The molecular weight excluding hydrogens is 222 g/mol. The smallest absolute Gasteiger partial charge is 0.331 e. The zero-order valence-electron chi connectivity index (χ0n) is 9.83. The molecule has 0 aromatic carbocycles. The van der Waals surface area contributed by atoms with Crippen LogP contribution in [0.3, 0.4) is 0 Å². The third kappa shape index (κ3) is 2.30. The van der Waals surface area contributed by atoms with Crippen LogP contribution in [-0.2, 0) is 16.6 Å². The molecule has 2 rings (SSSR count). The molecule has 0 radical (unpaired) electrons. The molecule has 1 saturated carbocycles. The standard InChI is InChI=1S/C11H15N3O3/c1-7(15)14(9-3-4-9)10(11(16)17)8-5-12-13(2)6-8/h5-6,9-10H,3-4H2,1-2H3,(H,16,17). The Morgan fingerprint density at radius 1 is 1.59 bits per heavy atom. The summed E-state index contributed by atoms with van der Waals surface area (Å²) in [6.07, 6.45) is 4.89. The third-order valence-electron chi connectivity index (χ3n) is 2.86. The number of aryl methyl sites for hydroxylation is 1. The van der Waals surface area contributed by atoms with E-state index >= 15 is 0 Å². The lowest BCUT2D eigenvalue weighted by Gasteiger charge is -2.27. The van der Waals surface area contributed by atoms with Crippen LogP contribution >= 0.6 is 0 Å². The lowest BCUT2D eigenvalue weighted by atomic mass is 10.1. The molecule has 1 aliphatic rings. The Bertz CT molecular complexity index is 451. The molecule has 6 nitrogen and oxygen atoms in total. The maximum absolute atomic E-state index is 11.6. The first-order chi connectivity index (χ1) is 8.00. The summed E-state index contributed by atoms with van der Waals surface area (Å²) in [5, 5.41) is 13.3. The van der Waals surface area contributed by atoms with Gasteiger partial charge in [-0.25, -0.2) is 4.79 Å². The van der Waals surface area contributed by atoms with E-state index in [1.165, 1.54) is 22.7 Å². The second kappa shape index (κ2) is 4.20. The molecule has 1 fully saturated rings. The minimum atomic E-state index is -1.01. The Kier molecular flexibility index (Phi) is 2.87. The summed E-state index contributed by atoms with van der Waals surface area (Å²) in [4.78, 5) is 24.4. The van der Waals surface area contributed by atoms with Crippen LogP contribution in [0.15, 0.2) is 12.4 Å². The second-order valence-electron chi connectivity index (χ2n) is 4.35. The fraction of sp³-hybridized carbons (Fsp3) is 0.545. The predicted octanol–water partition coefficient (Wildman–Crippen LogP) is 0.557. The van der Waals surface area contributed by atoms with E-state index in [2.05, 4.69) is 5.10 Å². The first-order valence-corrected chi connectivity index (χ1v) is 5.51. The van der Waals surface area contributed by atoms with Crippen LogP contribution in [0.2, 0.25) is 0 Å². The van der Waals surface area contributed by atoms with E-state index in [0.29, 0.717) is 5.56 Å². The summed E-state index contributed by atoms with van der Waals surface area (Å²) in [6, 6.07) is -0.859. The van der Waals surface area contributed by atoms with Crippen molar-refractivity contribution in [3.8, 4) is 0 Å². The van der Waals surface area contributed by atoms with Crippen molar-refractivity contribution in [3.05, 3.63) is 18.0 Å². The molecule has 1 aromatic heterocycles. The second-order valence-corrected chi connectivity index (χ2v) is 4.35. The van der Waals surface area contributed by atoms with Gasteiger partial charge in [-0.15, -0.1) is 0 Å². The first kappa shape index (κ1) is 11.6. The minimum absolute atomic E-state index is 0.0637. The van der Waals surface area contributed by atoms with Gasteiger partial charge in [0.1, 0.15) is 0 Å². The number of nitrogens with zero attached hydrogens (tertiary/aromatic N) is 3. The summed E-state index contributed by atoms with van der Waals surface area (Å²) >= 11 is 0. The van der Waals surface area contributed by atoms with Crippen molar-refractivity contribution in [2.75, 3.05) is 0 Å². The van der Waals surface area contributed by atoms with E-state index in [-0.39, 0.29) is 11.9 Å². The number of hydrogen-bond donors (Lipinski definition) is 1. The van der Waals surface area contributed by atoms with Gasteiger partial charge in [-0.2, -0.15) is 5.10 Å². The first-order valence-electron chi connectivity index (χ1n) is 5.51. The number of carboxylic acids is 1. The Hall–Kier alpha value is -1.85. The molecule has 1 aliphatic carbocycles. The maximum Gasteiger partial charge on any atom is 0.331 e. The number of rotatable bonds is 4. The van der Waals surface area contributed by atoms with Gasteiger partial charge in [0.05, 0.1) is 6.20 Å². The van der Waals surface area contributed by atoms with Crippen molar-refractivity contribution < 1.29 is 14.7 Å². The fourth-order valence-corrected chi connectivity index (χ4v) is 2.01. The van der Waals surface area contributed by atoms with Crippen molar-refractivity contribution in [2.24, 2.45) is 7.05 Å². The van der Waals surface area contributed by atoms with Crippen LogP contribution in [0, 0.1) is 0 Å². The summed E-state index contributed by atoms with van der Waals surface area (Å²) in [5.41, 5.74) is 0.544. The van der Waals surface area contributed by atoms with Crippen LogP contribution in [0.5, 0.6) is 0 Å². The molecule has 6 heteroatoms. The van der Waals surface area contributed by atoms with E-state index in [0.717, 1.165) is 12.8 Å². The van der Waals surface area contributed by atoms with Gasteiger partial charge < -0.3 is 10.0 Å². The minimum Gasteiger partial charge on any atom is -0.479 e. The van der Waals surface area contributed by atoms with Gasteiger partial charge in [0.2, 0.25) is 5.91 Å². The predicted molar refractivity (Wildman–Crippen MR) is 59.1 cm³/mol. The van der Waals surface area contributed by atoms with Crippen LogP contribution in [-0.4, -0.2) is 37.7 Å². The highest BCUT2D eigenvalue weighted by molar-refractivity contribution is 5.83. The monoisotopic (exact) mass is 237 g/mol. The average Bonchev–Trinajstić information content (AvgIpc) is 2.97.